The molecule has 2 aromatic carbocycles. The summed E-state index contributed by atoms with van der Waals surface area (Å²) >= 11 is 0. The summed E-state index contributed by atoms with van der Waals surface area (Å²) in [5, 5.41) is 12.9. The van der Waals surface area contributed by atoms with Crippen molar-refractivity contribution in [1.82, 2.24) is 5.16 Å². The third-order valence-electron chi connectivity index (χ3n) is 3.35. The van der Waals surface area contributed by atoms with Crippen molar-refractivity contribution in [3.63, 3.8) is 0 Å². The minimum Gasteiger partial charge on any atom is -0.476 e. The predicted molar refractivity (Wildman–Crippen MR) is 87.3 cm³/mol. The zero-order chi connectivity index (χ0) is 16.2. The van der Waals surface area contributed by atoms with E-state index in [1.54, 1.807) is 18.3 Å². The second-order valence-corrected chi connectivity index (χ2v) is 5.05. The molecule has 1 N–H and O–H groups in total. The van der Waals surface area contributed by atoms with Crippen molar-refractivity contribution in [2.75, 3.05) is 0 Å². The summed E-state index contributed by atoms with van der Waals surface area (Å²) in [4.78, 5) is 15.6. The third kappa shape index (κ3) is 3.18. The quantitative estimate of drug-likeness (QED) is 0.736. The van der Waals surface area contributed by atoms with E-state index >= 15 is 0 Å². The van der Waals surface area contributed by atoms with Crippen molar-refractivity contribution < 1.29 is 14.4 Å². The van der Waals surface area contributed by atoms with Gasteiger partial charge in [-0.1, -0.05) is 65.3 Å². The van der Waals surface area contributed by atoms with Crippen LogP contribution in [0.5, 0.6) is 0 Å². The van der Waals surface area contributed by atoms with Gasteiger partial charge in [-0.05, 0) is 18.1 Å². The minimum atomic E-state index is -1.15. The molecule has 114 valence electrons. The maximum atomic E-state index is 11.3. The van der Waals surface area contributed by atoms with Crippen LogP contribution in [0, 0.1) is 6.92 Å². The van der Waals surface area contributed by atoms with Crippen LogP contribution >= 0.6 is 0 Å². The van der Waals surface area contributed by atoms with Gasteiger partial charge in [0.1, 0.15) is 0 Å². The molecule has 0 saturated heterocycles. The second-order valence-electron chi connectivity index (χ2n) is 5.05. The first-order valence-corrected chi connectivity index (χ1v) is 7.04. The molecule has 3 aromatic rings. The first kappa shape index (κ1) is 14.7. The van der Waals surface area contributed by atoms with E-state index in [4.69, 9.17) is 4.52 Å². The van der Waals surface area contributed by atoms with E-state index in [2.05, 4.69) is 10.1 Å². The molecule has 5 heteroatoms. The van der Waals surface area contributed by atoms with Crippen LogP contribution in [-0.4, -0.2) is 22.4 Å². The van der Waals surface area contributed by atoms with Gasteiger partial charge in [0.25, 0.3) is 5.88 Å². The number of aryl methyl sites for hydroxylation is 1. The van der Waals surface area contributed by atoms with Crippen LogP contribution in [0.15, 0.2) is 64.1 Å². The van der Waals surface area contributed by atoms with E-state index < -0.39 is 5.97 Å². The predicted octanol–water partition coefficient (Wildman–Crippen LogP) is 4.10. The van der Waals surface area contributed by atoms with E-state index in [0.717, 1.165) is 11.1 Å². The average molecular weight is 306 g/mol. The van der Waals surface area contributed by atoms with Gasteiger partial charge < -0.3 is 9.63 Å². The number of nitrogens with zero attached hydrogens (tertiary/aromatic N) is 2. The molecule has 0 bridgehead atoms. The lowest BCUT2D eigenvalue weighted by atomic mass is 10.1. The molecule has 0 radical (unpaired) electrons. The highest BCUT2D eigenvalue weighted by Gasteiger charge is 2.22. The lowest BCUT2D eigenvalue weighted by Gasteiger charge is -1.99. The van der Waals surface area contributed by atoms with Crippen LogP contribution in [0.4, 0.5) is 5.88 Å². The summed E-state index contributed by atoms with van der Waals surface area (Å²) in [5.74, 6) is -0.974. The standard InChI is InChI=1S/C18H14N2O3/c1-12-7-9-13(10-8-12)11-19-17-15(14-5-3-2-4-6-14)16(18(21)22)20-23-17/h2-11H,1H3,(H,21,22). The average Bonchev–Trinajstić information content (AvgIpc) is 2.99. The number of carboxylic acid groups (broad SMARTS) is 1. The number of carboxylic acids is 1. The van der Waals surface area contributed by atoms with E-state index in [0.29, 0.717) is 11.1 Å². The Labute approximate surface area is 132 Å². The van der Waals surface area contributed by atoms with Crippen molar-refractivity contribution in [1.29, 1.82) is 0 Å². The van der Waals surface area contributed by atoms with Crippen molar-refractivity contribution >= 4 is 18.1 Å². The van der Waals surface area contributed by atoms with Crippen LogP contribution < -0.4 is 0 Å². The van der Waals surface area contributed by atoms with Gasteiger partial charge in [0.15, 0.2) is 0 Å². The Balaban J connectivity index is 2.03. The van der Waals surface area contributed by atoms with E-state index in [9.17, 15) is 9.90 Å². The van der Waals surface area contributed by atoms with Gasteiger partial charge in [-0.2, -0.15) is 0 Å². The molecule has 23 heavy (non-hydrogen) atoms. The number of aromatic nitrogens is 1. The molecule has 0 aliphatic rings. The van der Waals surface area contributed by atoms with E-state index in [1.165, 1.54) is 0 Å². The largest absolute Gasteiger partial charge is 0.476 e. The summed E-state index contributed by atoms with van der Waals surface area (Å²) in [6.45, 7) is 2.00. The molecular weight excluding hydrogens is 292 g/mol. The van der Waals surface area contributed by atoms with Crippen molar-refractivity contribution in [2.45, 2.75) is 6.92 Å². The van der Waals surface area contributed by atoms with Crippen LogP contribution in [0.1, 0.15) is 21.6 Å². The molecule has 3 rings (SSSR count). The summed E-state index contributed by atoms with van der Waals surface area (Å²) < 4.78 is 5.13. The van der Waals surface area contributed by atoms with Gasteiger partial charge >= 0.3 is 5.97 Å². The summed E-state index contributed by atoms with van der Waals surface area (Å²) in [5.41, 5.74) is 2.97. The van der Waals surface area contributed by atoms with E-state index in [1.807, 2.05) is 49.4 Å². The first-order valence-electron chi connectivity index (χ1n) is 7.04. The van der Waals surface area contributed by atoms with Crippen LogP contribution in [0.25, 0.3) is 11.1 Å². The lowest BCUT2D eigenvalue weighted by molar-refractivity contribution is 0.0686. The SMILES string of the molecule is Cc1ccc(C=Nc2onc(C(=O)O)c2-c2ccccc2)cc1. The molecule has 0 amide bonds. The zero-order valence-electron chi connectivity index (χ0n) is 12.4. The lowest BCUT2D eigenvalue weighted by Crippen LogP contribution is -1.98. The fourth-order valence-electron chi connectivity index (χ4n) is 2.17. The molecule has 0 aliphatic heterocycles. The van der Waals surface area contributed by atoms with Crippen LogP contribution in [0.2, 0.25) is 0 Å². The molecule has 0 unspecified atom stereocenters. The van der Waals surface area contributed by atoms with Gasteiger partial charge in [0.05, 0.1) is 5.56 Å². The van der Waals surface area contributed by atoms with Crippen LogP contribution in [-0.2, 0) is 0 Å². The highest BCUT2D eigenvalue weighted by Crippen LogP contribution is 2.33. The van der Waals surface area contributed by atoms with Crippen molar-refractivity contribution in [3.05, 3.63) is 71.4 Å². The Bertz CT molecular complexity index is 850. The highest BCUT2D eigenvalue weighted by atomic mass is 16.5. The number of hydrogen-bond donors (Lipinski definition) is 1. The summed E-state index contributed by atoms with van der Waals surface area (Å²) in [7, 11) is 0. The zero-order valence-corrected chi connectivity index (χ0v) is 12.4. The van der Waals surface area contributed by atoms with Gasteiger partial charge in [-0.3, -0.25) is 0 Å². The fourth-order valence-corrected chi connectivity index (χ4v) is 2.17. The smallest absolute Gasteiger partial charge is 0.358 e. The number of aliphatic imine (C=N–C) groups is 1. The Morgan fingerprint density at radius 2 is 1.83 bits per heavy atom. The maximum absolute atomic E-state index is 11.3. The highest BCUT2D eigenvalue weighted by molar-refractivity contribution is 5.97. The Kier molecular flexibility index (Phi) is 4.01. The number of aromatic carboxylic acids is 1. The van der Waals surface area contributed by atoms with Gasteiger partial charge in [-0.15, -0.1) is 0 Å². The molecule has 0 aliphatic carbocycles. The Morgan fingerprint density at radius 1 is 1.13 bits per heavy atom. The summed E-state index contributed by atoms with van der Waals surface area (Å²) in [6.07, 6.45) is 1.62. The minimum absolute atomic E-state index is 0.146. The van der Waals surface area contributed by atoms with Gasteiger partial charge in [-0.25, -0.2) is 9.79 Å². The second kappa shape index (κ2) is 6.27. The topological polar surface area (TPSA) is 75.7 Å². The number of hydrogen-bond acceptors (Lipinski definition) is 4. The molecule has 1 aromatic heterocycles. The normalized spacial score (nSPS) is 11.0. The molecule has 0 saturated carbocycles. The molecule has 0 fully saturated rings. The maximum Gasteiger partial charge on any atom is 0.358 e. The fraction of sp³-hybridized carbons (Fsp3) is 0.0556. The van der Waals surface area contributed by atoms with Gasteiger partial charge in [0.2, 0.25) is 5.69 Å². The monoisotopic (exact) mass is 306 g/mol. The van der Waals surface area contributed by atoms with Crippen molar-refractivity contribution in [2.24, 2.45) is 4.99 Å². The third-order valence-corrected chi connectivity index (χ3v) is 3.35. The summed E-state index contributed by atoms with van der Waals surface area (Å²) in [6, 6.07) is 16.9. The molecule has 1 heterocycles. The first-order chi connectivity index (χ1) is 11.1. The molecule has 0 atom stereocenters. The number of rotatable bonds is 4. The number of benzene rings is 2. The molecule has 5 nitrogen and oxygen atoms in total. The molecular formula is C18H14N2O3. The number of carbonyl (C=O) groups is 1. The Morgan fingerprint density at radius 3 is 2.48 bits per heavy atom. The van der Waals surface area contributed by atoms with Crippen molar-refractivity contribution in [3.8, 4) is 11.1 Å². The van der Waals surface area contributed by atoms with E-state index in [-0.39, 0.29) is 11.6 Å². The van der Waals surface area contributed by atoms with Crippen LogP contribution in [0.3, 0.4) is 0 Å². The molecule has 0 spiro atoms. The Hall–Kier alpha value is -3.21. The van der Waals surface area contributed by atoms with Gasteiger partial charge in [0, 0.05) is 6.21 Å².